The van der Waals surface area contributed by atoms with Crippen molar-refractivity contribution in [2.75, 3.05) is 20.1 Å². The number of aromatic nitrogens is 1. The summed E-state index contributed by atoms with van der Waals surface area (Å²) < 4.78 is 0. The van der Waals surface area contributed by atoms with Gasteiger partial charge in [-0.15, -0.1) is 11.3 Å². The molecule has 0 bridgehead atoms. The molecule has 17 heavy (non-hydrogen) atoms. The molecule has 4 nitrogen and oxygen atoms in total. The highest BCUT2D eigenvalue weighted by Crippen LogP contribution is 2.54. The van der Waals surface area contributed by atoms with Gasteiger partial charge in [0.05, 0.1) is 5.51 Å². The molecule has 1 spiro atoms. The van der Waals surface area contributed by atoms with Gasteiger partial charge in [-0.2, -0.15) is 0 Å². The average molecular weight is 251 g/mol. The van der Waals surface area contributed by atoms with Gasteiger partial charge in [0.25, 0.3) is 5.91 Å². The molecule has 0 radical (unpaired) electrons. The highest BCUT2D eigenvalue weighted by molar-refractivity contribution is 7.07. The van der Waals surface area contributed by atoms with E-state index in [9.17, 15) is 4.79 Å². The molecule has 5 heteroatoms. The predicted molar refractivity (Wildman–Crippen MR) is 67.1 cm³/mol. The maximum atomic E-state index is 12.4. The molecule has 1 aliphatic carbocycles. The quantitative estimate of drug-likeness (QED) is 0.882. The van der Waals surface area contributed by atoms with Gasteiger partial charge in [-0.3, -0.25) is 4.79 Å². The van der Waals surface area contributed by atoms with Crippen molar-refractivity contribution in [1.82, 2.24) is 15.2 Å². The highest BCUT2D eigenvalue weighted by Gasteiger charge is 2.53. The standard InChI is InChI=1S/C12H17N3OS/c1-13-5-9-4-12(2-3-12)7-15(9)11(16)10-6-17-8-14-10/h6,8-9,13H,2-5,7H2,1H3/t9-/m0/s1. The van der Waals surface area contributed by atoms with E-state index in [1.807, 2.05) is 17.3 Å². The Bertz CT molecular complexity index is 413. The van der Waals surface area contributed by atoms with Crippen LogP contribution in [0.2, 0.25) is 0 Å². The molecule has 1 saturated heterocycles. The first-order chi connectivity index (χ1) is 8.24. The molecule has 3 rings (SSSR count). The minimum atomic E-state index is 0.107. The second-order valence-electron chi connectivity index (χ2n) is 5.22. The summed E-state index contributed by atoms with van der Waals surface area (Å²) in [7, 11) is 1.95. The summed E-state index contributed by atoms with van der Waals surface area (Å²) in [4.78, 5) is 18.5. The first-order valence-electron chi connectivity index (χ1n) is 6.08. The van der Waals surface area contributed by atoms with Crippen LogP contribution < -0.4 is 5.32 Å². The number of carbonyl (C=O) groups is 1. The van der Waals surface area contributed by atoms with Crippen LogP contribution in [-0.4, -0.2) is 42.0 Å². The normalized spacial score (nSPS) is 25.5. The van der Waals surface area contributed by atoms with Gasteiger partial charge < -0.3 is 10.2 Å². The van der Waals surface area contributed by atoms with Crippen molar-refractivity contribution in [2.24, 2.45) is 5.41 Å². The van der Waals surface area contributed by atoms with Crippen LogP contribution in [0.15, 0.2) is 10.9 Å². The minimum absolute atomic E-state index is 0.107. The van der Waals surface area contributed by atoms with Crippen molar-refractivity contribution in [2.45, 2.75) is 25.3 Å². The summed E-state index contributed by atoms with van der Waals surface area (Å²) in [6.45, 7) is 1.81. The summed E-state index contributed by atoms with van der Waals surface area (Å²) in [6, 6.07) is 0.344. The van der Waals surface area contributed by atoms with Crippen LogP contribution in [0.4, 0.5) is 0 Å². The van der Waals surface area contributed by atoms with E-state index in [0.29, 0.717) is 17.2 Å². The smallest absolute Gasteiger partial charge is 0.273 e. The molecule has 1 aliphatic heterocycles. The monoisotopic (exact) mass is 251 g/mol. The number of nitrogens with zero attached hydrogens (tertiary/aromatic N) is 2. The Hall–Kier alpha value is -0.940. The van der Waals surface area contributed by atoms with Crippen molar-refractivity contribution < 1.29 is 4.79 Å². The molecular formula is C12H17N3OS. The number of likely N-dealkylation sites (N-methyl/N-ethyl adjacent to an activating group) is 1. The van der Waals surface area contributed by atoms with E-state index in [1.165, 1.54) is 24.2 Å². The van der Waals surface area contributed by atoms with Crippen molar-refractivity contribution in [3.63, 3.8) is 0 Å². The second kappa shape index (κ2) is 4.07. The van der Waals surface area contributed by atoms with Crippen molar-refractivity contribution >= 4 is 17.2 Å². The number of hydrogen-bond acceptors (Lipinski definition) is 4. The van der Waals surface area contributed by atoms with E-state index in [-0.39, 0.29) is 5.91 Å². The Morgan fingerprint density at radius 3 is 3.12 bits per heavy atom. The fourth-order valence-corrected chi connectivity index (χ4v) is 3.35. The number of rotatable bonds is 3. The fourth-order valence-electron chi connectivity index (χ4n) is 2.82. The Kier molecular flexibility index (Phi) is 2.67. The first-order valence-corrected chi connectivity index (χ1v) is 7.02. The largest absolute Gasteiger partial charge is 0.332 e. The zero-order valence-corrected chi connectivity index (χ0v) is 10.8. The summed E-state index contributed by atoms with van der Waals surface area (Å²) in [5.74, 6) is 0.107. The van der Waals surface area contributed by atoms with Crippen LogP contribution in [0.5, 0.6) is 0 Å². The third-order valence-corrected chi connectivity index (χ3v) is 4.51. The van der Waals surface area contributed by atoms with Crippen LogP contribution in [0.1, 0.15) is 29.8 Å². The topological polar surface area (TPSA) is 45.2 Å². The molecule has 0 unspecified atom stereocenters. The molecule has 1 aromatic rings. The summed E-state index contributed by atoms with van der Waals surface area (Å²) in [6.07, 6.45) is 3.73. The lowest BCUT2D eigenvalue weighted by Crippen LogP contribution is -2.41. The van der Waals surface area contributed by atoms with Crippen molar-refractivity contribution in [3.8, 4) is 0 Å². The third-order valence-electron chi connectivity index (χ3n) is 3.92. The minimum Gasteiger partial charge on any atom is -0.332 e. The molecule has 0 aromatic carbocycles. The third kappa shape index (κ3) is 1.98. The van der Waals surface area contributed by atoms with Crippen molar-refractivity contribution in [1.29, 1.82) is 0 Å². The fraction of sp³-hybridized carbons (Fsp3) is 0.667. The molecule has 92 valence electrons. The first kappa shape index (κ1) is 11.2. The highest BCUT2D eigenvalue weighted by atomic mass is 32.1. The zero-order valence-electron chi connectivity index (χ0n) is 9.98. The van der Waals surface area contributed by atoms with Gasteiger partial charge in [0.2, 0.25) is 0 Å². The van der Waals surface area contributed by atoms with Gasteiger partial charge in [-0.1, -0.05) is 0 Å². The Morgan fingerprint density at radius 2 is 2.53 bits per heavy atom. The van der Waals surface area contributed by atoms with Gasteiger partial charge in [0.1, 0.15) is 5.69 Å². The zero-order chi connectivity index (χ0) is 11.9. The molecule has 2 aliphatic rings. The van der Waals surface area contributed by atoms with E-state index in [2.05, 4.69) is 10.3 Å². The lowest BCUT2D eigenvalue weighted by Gasteiger charge is -2.23. The number of likely N-dealkylation sites (tertiary alicyclic amines) is 1. The number of hydrogen-bond donors (Lipinski definition) is 1. The number of thiazole rings is 1. The van der Waals surface area contributed by atoms with E-state index in [1.54, 1.807) is 5.51 Å². The average Bonchev–Trinajstić information content (AvgIpc) is 2.79. The maximum absolute atomic E-state index is 12.4. The molecule has 1 N–H and O–H groups in total. The van der Waals surface area contributed by atoms with E-state index in [4.69, 9.17) is 0 Å². The van der Waals surface area contributed by atoms with Gasteiger partial charge in [0.15, 0.2) is 0 Å². The van der Waals surface area contributed by atoms with Gasteiger partial charge in [0, 0.05) is 24.5 Å². The van der Waals surface area contributed by atoms with Crippen LogP contribution in [-0.2, 0) is 0 Å². The Labute approximate surface area is 105 Å². The number of amides is 1. The van der Waals surface area contributed by atoms with Crippen LogP contribution in [0, 0.1) is 5.41 Å². The molecule has 1 saturated carbocycles. The molecule has 1 aromatic heterocycles. The molecule has 1 amide bonds. The van der Waals surface area contributed by atoms with Crippen LogP contribution >= 0.6 is 11.3 Å². The van der Waals surface area contributed by atoms with E-state index in [0.717, 1.165) is 19.5 Å². The maximum Gasteiger partial charge on any atom is 0.273 e. The Balaban J connectivity index is 1.78. The van der Waals surface area contributed by atoms with E-state index >= 15 is 0 Å². The number of carbonyl (C=O) groups excluding carboxylic acids is 1. The summed E-state index contributed by atoms with van der Waals surface area (Å²) in [5.41, 5.74) is 2.78. The number of nitrogens with one attached hydrogen (secondary N) is 1. The van der Waals surface area contributed by atoms with Gasteiger partial charge >= 0.3 is 0 Å². The lowest BCUT2D eigenvalue weighted by atomic mass is 10.0. The van der Waals surface area contributed by atoms with Crippen LogP contribution in [0.3, 0.4) is 0 Å². The second-order valence-corrected chi connectivity index (χ2v) is 5.94. The summed E-state index contributed by atoms with van der Waals surface area (Å²) in [5, 5.41) is 5.04. The molecule has 2 heterocycles. The Morgan fingerprint density at radius 1 is 1.71 bits per heavy atom. The SMILES string of the molecule is CNC[C@@H]1CC2(CC2)CN1C(=O)c1cscn1. The van der Waals surface area contributed by atoms with Crippen LogP contribution in [0.25, 0.3) is 0 Å². The van der Waals surface area contributed by atoms with Gasteiger partial charge in [-0.25, -0.2) is 4.98 Å². The molecular weight excluding hydrogens is 234 g/mol. The summed E-state index contributed by atoms with van der Waals surface area (Å²) >= 11 is 1.48. The van der Waals surface area contributed by atoms with Crippen molar-refractivity contribution in [3.05, 3.63) is 16.6 Å². The van der Waals surface area contributed by atoms with E-state index < -0.39 is 0 Å². The predicted octanol–water partition coefficient (Wildman–Crippen LogP) is 1.36. The molecule has 1 atom stereocenters. The molecule has 2 fully saturated rings. The lowest BCUT2D eigenvalue weighted by molar-refractivity contribution is 0.0726. The van der Waals surface area contributed by atoms with Gasteiger partial charge in [-0.05, 0) is 31.7 Å².